The van der Waals surface area contributed by atoms with Crippen molar-refractivity contribution in [2.45, 2.75) is 73.1 Å². The van der Waals surface area contributed by atoms with E-state index in [2.05, 4.69) is 114 Å². The molecule has 0 fully saturated rings. The molecule has 0 unspecified atom stereocenters. The van der Waals surface area contributed by atoms with Gasteiger partial charge in [0.2, 0.25) is 0 Å². The summed E-state index contributed by atoms with van der Waals surface area (Å²) in [5, 5.41) is 0. The second-order valence-electron chi connectivity index (χ2n) is 9.00. The maximum atomic E-state index is 2.37. The third kappa shape index (κ3) is 7.24. The van der Waals surface area contributed by atoms with Crippen LogP contribution in [0.25, 0.3) is 17.7 Å². The molecule has 0 atom stereocenters. The molecule has 0 heteroatoms. The highest BCUT2D eigenvalue weighted by atomic mass is 14.3. The predicted octanol–water partition coefficient (Wildman–Crippen LogP) is 9.56. The zero-order valence-corrected chi connectivity index (χ0v) is 20.6. The molecule has 31 heavy (non-hydrogen) atoms. The molecule has 2 aliphatic rings. The molecule has 0 spiro atoms. The molecule has 2 aromatic rings. The number of allylic oxidation sites excluding steroid dienone is 6. The fraction of sp³-hybridized carbons (Fsp3) is 0.355. The van der Waals surface area contributed by atoms with Crippen LogP contribution in [-0.2, 0) is 5.41 Å². The minimum Gasteiger partial charge on any atom is -0.0842 e. The lowest BCUT2D eigenvalue weighted by Gasteiger charge is -2.31. The van der Waals surface area contributed by atoms with Crippen LogP contribution < -0.4 is 0 Å². The molecule has 2 aliphatic carbocycles. The highest BCUT2D eigenvalue weighted by molar-refractivity contribution is 5.76. The number of benzene rings is 2. The summed E-state index contributed by atoms with van der Waals surface area (Å²) in [7, 11) is 0. The Morgan fingerprint density at radius 3 is 2.06 bits per heavy atom. The van der Waals surface area contributed by atoms with E-state index in [4.69, 9.17) is 0 Å². The summed E-state index contributed by atoms with van der Waals surface area (Å²) < 4.78 is 0. The fourth-order valence-corrected chi connectivity index (χ4v) is 3.80. The van der Waals surface area contributed by atoms with E-state index in [9.17, 15) is 0 Å². The Kier molecular flexibility index (Phi) is 9.31. The van der Waals surface area contributed by atoms with Crippen LogP contribution in [0.1, 0.15) is 88.6 Å². The lowest BCUT2D eigenvalue weighted by molar-refractivity contribution is 0.527. The number of aryl methyl sites for hydroxylation is 1. The molecule has 0 radical (unpaired) electrons. The average molecular weight is 413 g/mol. The van der Waals surface area contributed by atoms with Gasteiger partial charge in [-0.25, -0.2) is 0 Å². The van der Waals surface area contributed by atoms with Crippen LogP contribution in [0.15, 0.2) is 72.3 Å². The van der Waals surface area contributed by atoms with Gasteiger partial charge in [0.05, 0.1) is 0 Å². The molecule has 0 amide bonds. The zero-order valence-electron chi connectivity index (χ0n) is 20.6. The Bertz CT molecular complexity index is 960. The first kappa shape index (κ1) is 24.7. The maximum absolute atomic E-state index is 2.37. The molecule has 164 valence electrons. The number of rotatable bonds is 2. The third-order valence-corrected chi connectivity index (χ3v) is 5.88. The third-order valence-electron chi connectivity index (χ3n) is 5.88. The van der Waals surface area contributed by atoms with E-state index in [-0.39, 0.29) is 5.41 Å². The first-order valence-electron chi connectivity index (χ1n) is 11.7. The fourth-order valence-electron chi connectivity index (χ4n) is 3.80. The average Bonchev–Trinajstić information content (AvgIpc) is 2.78. The van der Waals surface area contributed by atoms with Gasteiger partial charge in [0.25, 0.3) is 0 Å². The van der Waals surface area contributed by atoms with Crippen molar-refractivity contribution in [2.75, 3.05) is 0 Å². The Morgan fingerprint density at radius 1 is 0.839 bits per heavy atom. The van der Waals surface area contributed by atoms with Crippen molar-refractivity contribution in [3.8, 4) is 0 Å². The van der Waals surface area contributed by atoms with E-state index in [1.165, 1.54) is 51.8 Å². The van der Waals surface area contributed by atoms with Gasteiger partial charge in [0, 0.05) is 0 Å². The summed E-state index contributed by atoms with van der Waals surface area (Å²) in [4.78, 5) is 0. The van der Waals surface area contributed by atoms with Gasteiger partial charge in [-0.15, -0.1) is 0 Å². The van der Waals surface area contributed by atoms with Gasteiger partial charge in [-0.3, -0.25) is 0 Å². The summed E-state index contributed by atoms with van der Waals surface area (Å²) in [6.45, 7) is 15.2. The maximum Gasteiger partial charge on any atom is -0.00629 e. The van der Waals surface area contributed by atoms with Crippen LogP contribution in [0, 0.1) is 6.92 Å². The summed E-state index contributed by atoms with van der Waals surface area (Å²) >= 11 is 0. The van der Waals surface area contributed by atoms with Crippen LogP contribution >= 0.6 is 0 Å². The summed E-state index contributed by atoms with van der Waals surface area (Å²) in [6, 6.07) is 15.5. The Labute approximate surface area is 191 Å². The van der Waals surface area contributed by atoms with E-state index >= 15 is 0 Å². The van der Waals surface area contributed by atoms with Gasteiger partial charge in [-0.05, 0) is 79.3 Å². The monoisotopic (exact) mass is 412 g/mol. The lowest BCUT2D eigenvalue weighted by Crippen LogP contribution is -2.21. The van der Waals surface area contributed by atoms with Crippen molar-refractivity contribution >= 4 is 17.7 Å². The minimum atomic E-state index is 0.244. The smallest absolute Gasteiger partial charge is 0.00629 e. The predicted molar refractivity (Wildman–Crippen MR) is 141 cm³/mol. The summed E-state index contributed by atoms with van der Waals surface area (Å²) in [5.41, 5.74) is 9.84. The minimum absolute atomic E-state index is 0.244. The van der Waals surface area contributed by atoms with Gasteiger partial charge in [-0.2, -0.15) is 0 Å². The van der Waals surface area contributed by atoms with Crippen LogP contribution in [0.4, 0.5) is 0 Å². The first-order chi connectivity index (χ1) is 14.8. The van der Waals surface area contributed by atoms with Gasteiger partial charge in [-0.1, -0.05) is 112 Å². The Morgan fingerprint density at radius 2 is 1.48 bits per heavy atom. The van der Waals surface area contributed by atoms with Crippen molar-refractivity contribution < 1.29 is 0 Å². The largest absolute Gasteiger partial charge is 0.0842 e. The van der Waals surface area contributed by atoms with Crippen LogP contribution in [0.5, 0.6) is 0 Å². The van der Waals surface area contributed by atoms with Gasteiger partial charge in [0.1, 0.15) is 0 Å². The Hall–Kier alpha value is -2.60. The van der Waals surface area contributed by atoms with E-state index in [1.54, 1.807) is 0 Å². The van der Waals surface area contributed by atoms with Crippen molar-refractivity contribution in [1.29, 1.82) is 0 Å². The van der Waals surface area contributed by atoms with E-state index in [0.717, 1.165) is 6.42 Å². The van der Waals surface area contributed by atoms with Crippen LogP contribution in [0.3, 0.4) is 0 Å². The van der Waals surface area contributed by atoms with Crippen molar-refractivity contribution in [2.24, 2.45) is 0 Å². The molecule has 0 aliphatic heterocycles. The standard InChI is InChI=1S/C22H24.C7H10.C2H6/c1-16-5-7-18(8-6-16)9-10-19-11-12-21-20(15-19)17(2)13-14-22(21,3)4;1-7-5-3-2-4-6-7;1-2/h5-13,15H,14H2,1-4H3;2-3,5H,4,6H2,1H3;1-2H3/b10-9+;;. The SMILES string of the molecule is CC.CC1=CC=CCC1.CC1=CCC(C)(C)c2ccc(/C=C/c3ccc(C)cc3)cc21. The van der Waals surface area contributed by atoms with Gasteiger partial charge >= 0.3 is 0 Å². The highest BCUT2D eigenvalue weighted by Crippen LogP contribution is 2.39. The van der Waals surface area contributed by atoms with Gasteiger partial charge in [0.15, 0.2) is 0 Å². The molecule has 0 N–H and O–H groups in total. The topological polar surface area (TPSA) is 0 Å². The van der Waals surface area contributed by atoms with Crippen molar-refractivity contribution in [3.63, 3.8) is 0 Å². The molecule has 0 saturated carbocycles. The quantitative estimate of drug-likeness (QED) is 0.431. The van der Waals surface area contributed by atoms with E-state index in [1.807, 2.05) is 13.8 Å². The second kappa shape index (κ2) is 11.7. The van der Waals surface area contributed by atoms with Gasteiger partial charge < -0.3 is 0 Å². The molecular formula is C31H40. The lowest BCUT2D eigenvalue weighted by atomic mass is 9.73. The number of fused-ring (bicyclic) bond motifs is 1. The van der Waals surface area contributed by atoms with E-state index in [0.29, 0.717) is 0 Å². The Balaban J connectivity index is 0.000000319. The number of hydrogen-bond donors (Lipinski definition) is 0. The zero-order chi connectivity index (χ0) is 22.9. The van der Waals surface area contributed by atoms with Crippen molar-refractivity contribution in [1.82, 2.24) is 0 Å². The second-order valence-corrected chi connectivity index (χ2v) is 9.00. The molecule has 0 nitrogen and oxygen atoms in total. The summed E-state index contributed by atoms with van der Waals surface area (Å²) in [6.07, 6.45) is 16.9. The molecule has 0 aromatic heterocycles. The molecule has 2 aromatic carbocycles. The van der Waals surface area contributed by atoms with Crippen LogP contribution in [0.2, 0.25) is 0 Å². The molecular weight excluding hydrogens is 372 g/mol. The van der Waals surface area contributed by atoms with Crippen LogP contribution in [-0.4, -0.2) is 0 Å². The number of hydrogen-bond acceptors (Lipinski definition) is 0. The summed E-state index contributed by atoms with van der Waals surface area (Å²) in [5.74, 6) is 0. The normalized spacial score (nSPS) is 16.2. The molecule has 0 heterocycles. The van der Waals surface area contributed by atoms with Crippen molar-refractivity contribution in [3.05, 3.63) is 100 Å². The molecule has 0 saturated heterocycles. The first-order valence-corrected chi connectivity index (χ1v) is 11.7. The van der Waals surface area contributed by atoms with E-state index < -0.39 is 0 Å². The molecule has 0 bridgehead atoms. The highest BCUT2D eigenvalue weighted by Gasteiger charge is 2.26. The molecule has 4 rings (SSSR count).